The number of unbranched alkanes of at least 4 members (excludes halogenated alkanes) is 2. The maximum absolute atomic E-state index is 10.1. The van der Waals surface area contributed by atoms with E-state index in [4.69, 9.17) is 4.74 Å². The SMILES string of the molecule is CCCCCOCC(C)C[S+]=O. The van der Waals surface area contributed by atoms with Crippen LogP contribution in [0.25, 0.3) is 0 Å². The third-order valence-electron chi connectivity index (χ3n) is 1.65. The van der Waals surface area contributed by atoms with Gasteiger partial charge in [-0.1, -0.05) is 26.7 Å². The summed E-state index contributed by atoms with van der Waals surface area (Å²) in [5, 5.41) is 0. The predicted octanol–water partition coefficient (Wildman–Crippen LogP) is 2.26. The van der Waals surface area contributed by atoms with Crippen molar-refractivity contribution in [2.45, 2.75) is 33.1 Å². The van der Waals surface area contributed by atoms with Crippen molar-refractivity contribution in [1.82, 2.24) is 0 Å². The van der Waals surface area contributed by atoms with Crippen molar-refractivity contribution in [3.05, 3.63) is 0 Å². The maximum Gasteiger partial charge on any atom is 0.459 e. The topological polar surface area (TPSA) is 26.3 Å². The van der Waals surface area contributed by atoms with Crippen LogP contribution < -0.4 is 0 Å². The molecule has 2 nitrogen and oxygen atoms in total. The first kappa shape index (κ1) is 12.0. The zero-order valence-corrected chi connectivity index (χ0v) is 8.86. The van der Waals surface area contributed by atoms with Crippen LogP contribution in [0.4, 0.5) is 0 Å². The summed E-state index contributed by atoms with van der Waals surface area (Å²) in [5.41, 5.74) is 0. The fraction of sp³-hybridized carbons (Fsp3) is 1.00. The van der Waals surface area contributed by atoms with Crippen molar-refractivity contribution in [2.75, 3.05) is 19.0 Å². The molecule has 0 aliphatic heterocycles. The molecule has 0 aromatic rings. The second kappa shape index (κ2) is 9.07. The van der Waals surface area contributed by atoms with E-state index < -0.39 is 0 Å². The van der Waals surface area contributed by atoms with Crippen LogP contribution in [0.15, 0.2) is 0 Å². The number of ether oxygens (including phenoxy) is 1. The van der Waals surface area contributed by atoms with Gasteiger partial charge in [-0.2, -0.15) is 0 Å². The minimum atomic E-state index is 0.397. The first-order chi connectivity index (χ1) is 5.81. The molecular weight excluding hydrogens is 172 g/mol. The molecule has 0 aromatic heterocycles. The Hall–Kier alpha value is -0.0200. The molecule has 12 heavy (non-hydrogen) atoms. The average molecular weight is 191 g/mol. The Morgan fingerprint density at radius 1 is 1.42 bits per heavy atom. The Morgan fingerprint density at radius 2 is 2.17 bits per heavy atom. The Morgan fingerprint density at radius 3 is 2.75 bits per heavy atom. The van der Waals surface area contributed by atoms with Gasteiger partial charge in [0.25, 0.3) is 0 Å². The van der Waals surface area contributed by atoms with Crippen LogP contribution in [0.3, 0.4) is 0 Å². The smallest absolute Gasteiger partial charge is 0.381 e. The molecule has 0 saturated heterocycles. The molecule has 0 heterocycles. The molecule has 0 aromatic carbocycles. The quantitative estimate of drug-likeness (QED) is 0.434. The van der Waals surface area contributed by atoms with Gasteiger partial charge in [0.1, 0.15) is 0 Å². The lowest BCUT2D eigenvalue weighted by Crippen LogP contribution is -2.10. The number of hydrogen-bond donors (Lipinski definition) is 0. The van der Waals surface area contributed by atoms with Crippen molar-refractivity contribution >= 4 is 11.7 Å². The Bertz CT molecular complexity index is 107. The average Bonchev–Trinajstić information content (AvgIpc) is 2.05. The van der Waals surface area contributed by atoms with Crippen LogP contribution in [0.1, 0.15) is 33.1 Å². The lowest BCUT2D eigenvalue weighted by atomic mass is 10.2. The normalized spacial score (nSPS) is 12.8. The number of hydrogen-bond acceptors (Lipinski definition) is 2. The molecule has 0 rings (SSSR count). The van der Waals surface area contributed by atoms with Gasteiger partial charge in [-0.3, -0.25) is 0 Å². The Balaban J connectivity index is 3.02. The van der Waals surface area contributed by atoms with E-state index in [-0.39, 0.29) is 0 Å². The standard InChI is InChI=1S/C9H19O2S/c1-3-4-5-6-11-7-9(2)8-12-10/h9H,3-8H2,1-2H3/q+1. The molecule has 1 unspecified atom stereocenters. The van der Waals surface area contributed by atoms with Gasteiger partial charge in [0, 0.05) is 16.7 Å². The minimum Gasteiger partial charge on any atom is -0.381 e. The zero-order chi connectivity index (χ0) is 9.23. The predicted molar refractivity (Wildman–Crippen MR) is 52.4 cm³/mol. The van der Waals surface area contributed by atoms with E-state index in [2.05, 4.69) is 6.92 Å². The summed E-state index contributed by atoms with van der Waals surface area (Å²) in [4.78, 5) is 0. The lowest BCUT2D eigenvalue weighted by Gasteiger charge is -2.04. The number of rotatable bonds is 8. The third-order valence-corrected chi connectivity index (χ3v) is 2.35. The molecule has 0 aliphatic carbocycles. The monoisotopic (exact) mass is 191 g/mol. The summed E-state index contributed by atoms with van der Waals surface area (Å²) in [5.74, 6) is 1.06. The highest BCUT2D eigenvalue weighted by atomic mass is 32.1. The van der Waals surface area contributed by atoms with Crippen molar-refractivity contribution < 1.29 is 8.95 Å². The van der Waals surface area contributed by atoms with Crippen molar-refractivity contribution in [1.29, 1.82) is 0 Å². The van der Waals surface area contributed by atoms with Crippen LogP contribution in [-0.4, -0.2) is 19.0 Å². The molecule has 1 atom stereocenters. The molecule has 0 amide bonds. The van der Waals surface area contributed by atoms with E-state index in [1.165, 1.54) is 12.8 Å². The van der Waals surface area contributed by atoms with Crippen LogP contribution in [0, 0.1) is 5.92 Å². The maximum atomic E-state index is 10.1. The largest absolute Gasteiger partial charge is 0.459 e. The summed E-state index contributed by atoms with van der Waals surface area (Å²) in [6.07, 6.45) is 3.62. The fourth-order valence-corrected chi connectivity index (χ4v) is 1.23. The molecule has 0 radical (unpaired) electrons. The zero-order valence-electron chi connectivity index (χ0n) is 8.04. The first-order valence-corrected chi connectivity index (χ1v) is 5.54. The van der Waals surface area contributed by atoms with E-state index >= 15 is 0 Å². The van der Waals surface area contributed by atoms with E-state index in [0.29, 0.717) is 23.3 Å². The van der Waals surface area contributed by atoms with Gasteiger partial charge in [-0.25, -0.2) is 0 Å². The van der Waals surface area contributed by atoms with Crippen LogP contribution in [-0.2, 0) is 20.6 Å². The molecule has 0 saturated carbocycles. The fourth-order valence-electron chi connectivity index (χ4n) is 0.903. The molecule has 3 heteroatoms. The minimum absolute atomic E-state index is 0.397. The molecule has 0 spiro atoms. The summed E-state index contributed by atoms with van der Waals surface area (Å²) >= 11 is 0.648. The van der Waals surface area contributed by atoms with Gasteiger partial charge < -0.3 is 4.74 Å². The molecule has 0 bridgehead atoms. The van der Waals surface area contributed by atoms with E-state index in [1.54, 1.807) is 0 Å². The third kappa shape index (κ3) is 8.08. The van der Waals surface area contributed by atoms with E-state index in [9.17, 15) is 4.21 Å². The van der Waals surface area contributed by atoms with Gasteiger partial charge in [0.2, 0.25) is 5.75 Å². The second-order valence-corrected chi connectivity index (χ2v) is 3.74. The van der Waals surface area contributed by atoms with Gasteiger partial charge in [-0.15, -0.1) is 0 Å². The van der Waals surface area contributed by atoms with E-state index in [0.717, 1.165) is 19.6 Å². The first-order valence-electron chi connectivity index (χ1n) is 4.63. The van der Waals surface area contributed by atoms with Gasteiger partial charge in [0.15, 0.2) is 0 Å². The highest BCUT2D eigenvalue weighted by Crippen LogP contribution is 1.98. The highest BCUT2D eigenvalue weighted by Gasteiger charge is 2.09. The summed E-state index contributed by atoms with van der Waals surface area (Å²) < 4.78 is 15.5. The molecule has 0 aliphatic rings. The Kier molecular flexibility index (Phi) is 9.06. The second-order valence-electron chi connectivity index (χ2n) is 3.17. The summed E-state index contributed by atoms with van der Waals surface area (Å²) in [6.45, 7) is 5.81. The molecule has 72 valence electrons. The summed E-state index contributed by atoms with van der Waals surface area (Å²) in [6, 6.07) is 0. The van der Waals surface area contributed by atoms with Crippen molar-refractivity contribution in [2.24, 2.45) is 5.92 Å². The highest BCUT2D eigenvalue weighted by molar-refractivity contribution is 7.65. The van der Waals surface area contributed by atoms with E-state index in [1.807, 2.05) is 6.92 Å². The summed E-state index contributed by atoms with van der Waals surface area (Å²) in [7, 11) is 0. The van der Waals surface area contributed by atoms with Crippen molar-refractivity contribution in [3.8, 4) is 0 Å². The van der Waals surface area contributed by atoms with Crippen LogP contribution in [0.2, 0.25) is 0 Å². The Labute approximate surface area is 79.2 Å². The van der Waals surface area contributed by atoms with Gasteiger partial charge in [0.05, 0.1) is 6.61 Å². The van der Waals surface area contributed by atoms with Gasteiger partial charge in [-0.05, 0) is 6.42 Å². The van der Waals surface area contributed by atoms with Crippen LogP contribution in [0.5, 0.6) is 0 Å². The molecule has 0 N–H and O–H groups in total. The van der Waals surface area contributed by atoms with Gasteiger partial charge >= 0.3 is 11.7 Å². The van der Waals surface area contributed by atoms with Crippen LogP contribution >= 0.6 is 0 Å². The lowest BCUT2D eigenvalue weighted by molar-refractivity contribution is 0.108. The molecule has 0 fully saturated rings. The molecular formula is C9H19O2S+. The van der Waals surface area contributed by atoms with Crippen molar-refractivity contribution in [3.63, 3.8) is 0 Å².